The van der Waals surface area contributed by atoms with Crippen LogP contribution in [0.25, 0.3) is 10.9 Å². The average molecular weight is 460 g/mol. The third-order valence-electron chi connectivity index (χ3n) is 7.64. The Hall–Kier alpha value is -2.39. The lowest BCUT2D eigenvalue weighted by atomic mass is 9.86. The zero-order valence-corrected chi connectivity index (χ0v) is 18.9. The number of carbonyl (C=O) groups is 2. The van der Waals surface area contributed by atoms with Gasteiger partial charge in [0, 0.05) is 31.3 Å². The highest BCUT2D eigenvalue weighted by molar-refractivity contribution is 6.02. The summed E-state index contributed by atoms with van der Waals surface area (Å²) in [5.41, 5.74) is 2.93. The van der Waals surface area contributed by atoms with Gasteiger partial charge < -0.3 is 10.2 Å². The molecular weight excluding hydrogens is 428 g/mol. The Morgan fingerprint density at radius 2 is 1.94 bits per heavy atom. The Labute approximate surface area is 191 Å². The Bertz CT molecular complexity index is 1060. The van der Waals surface area contributed by atoms with Crippen LogP contribution >= 0.6 is 0 Å². The van der Waals surface area contributed by atoms with Crippen LogP contribution < -0.4 is 10.6 Å². The van der Waals surface area contributed by atoms with Crippen LogP contribution in [0.5, 0.6) is 0 Å². The van der Waals surface area contributed by atoms with Crippen molar-refractivity contribution in [3.63, 3.8) is 0 Å². The summed E-state index contributed by atoms with van der Waals surface area (Å²) in [5, 5.41) is 10.8. The van der Waals surface area contributed by atoms with Gasteiger partial charge in [0.25, 0.3) is 5.92 Å². The molecule has 0 saturated carbocycles. The van der Waals surface area contributed by atoms with Gasteiger partial charge in [0.05, 0.1) is 23.7 Å². The normalized spacial score (nSPS) is 27.1. The predicted octanol–water partition coefficient (Wildman–Crippen LogP) is 2.52. The molecule has 178 valence electrons. The molecule has 2 amide bonds. The molecule has 0 spiro atoms. The third-order valence-corrected chi connectivity index (χ3v) is 7.64. The van der Waals surface area contributed by atoms with Crippen molar-refractivity contribution < 1.29 is 18.4 Å². The van der Waals surface area contributed by atoms with Crippen LogP contribution in [0, 0.1) is 5.92 Å². The number of hydrogen-bond donors (Lipinski definition) is 2. The summed E-state index contributed by atoms with van der Waals surface area (Å²) < 4.78 is 30.2. The Morgan fingerprint density at radius 3 is 2.67 bits per heavy atom. The molecule has 33 heavy (non-hydrogen) atoms. The first-order chi connectivity index (χ1) is 15.8. The minimum absolute atomic E-state index is 0.209. The van der Waals surface area contributed by atoms with Crippen molar-refractivity contribution in [1.82, 2.24) is 25.3 Å². The lowest BCUT2D eigenvalue weighted by Gasteiger charge is -2.38. The zero-order chi connectivity index (χ0) is 23.2. The molecule has 1 aromatic carbocycles. The number of nitrogens with one attached hydrogen (secondary N) is 2. The van der Waals surface area contributed by atoms with Gasteiger partial charge in [0.2, 0.25) is 11.8 Å². The summed E-state index contributed by atoms with van der Waals surface area (Å²) in [6, 6.07) is 6.30. The number of benzene rings is 1. The number of nitrogens with zero attached hydrogens (tertiary/aromatic N) is 3. The fraction of sp³-hybridized carbons (Fsp3) is 0.625. The molecule has 4 heterocycles. The van der Waals surface area contributed by atoms with Crippen molar-refractivity contribution in [2.45, 2.75) is 49.9 Å². The quantitative estimate of drug-likeness (QED) is 0.687. The molecular formula is C24H31F2N5O2. The largest absolute Gasteiger partial charge is 0.311 e. The van der Waals surface area contributed by atoms with Crippen LogP contribution in [0.3, 0.4) is 0 Å². The monoisotopic (exact) mass is 459 g/mol. The van der Waals surface area contributed by atoms with E-state index in [2.05, 4.69) is 32.8 Å². The van der Waals surface area contributed by atoms with Gasteiger partial charge in [0.15, 0.2) is 0 Å². The number of fused-ring (bicyclic) bond motifs is 1. The van der Waals surface area contributed by atoms with Gasteiger partial charge in [-0.3, -0.25) is 19.6 Å². The number of piperidine rings is 3. The molecule has 3 aliphatic rings. The van der Waals surface area contributed by atoms with E-state index in [4.69, 9.17) is 0 Å². The fourth-order valence-electron chi connectivity index (χ4n) is 5.64. The number of hydrogen-bond acceptors (Lipinski definition) is 5. The summed E-state index contributed by atoms with van der Waals surface area (Å²) in [6.45, 7) is 2.59. The van der Waals surface area contributed by atoms with Gasteiger partial charge in [0.1, 0.15) is 0 Å². The van der Waals surface area contributed by atoms with Gasteiger partial charge in [-0.1, -0.05) is 12.1 Å². The SMILES string of the molecule is Cn1nc(C2CCC(=O)NC2=O)c2ccc(C3CCN(C[C@H]4CCNCC4(F)F)CC3)cc21. The molecule has 2 N–H and O–H groups in total. The van der Waals surface area contributed by atoms with Gasteiger partial charge in [-0.25, -0.2) is 8.78 Å². The number of halogens is 2. The smallest absolute Gasteiger partial charge is 0.264 e. The number of imide groups is 1. The van der Waals surface area contributed by atoms with Crippen LogP contribution in [-0.2, 0) is 16.6 Å². The molecule has 0 bridgehead atoms. The number of aromatic nitrogens is 2. The second kappa shape index (κ2) is 8.76. The van der Waals surface area contributed by atoms with E-state index in [1.54, 1.807) is 0 Å². The van der Waals surface area contributed by atoms with Crippen molar-refractivity contribution in [3.05, 3.63) is 29.5 Å². The first kappa shape index (κ1) is 22.4. The van der Waals surface area contributed by atoms with E-state index in [0.29, 0.717) is 38.3 Å². The highest BCUT2D eigenvalue weighted by Gasteiger charge is 2.42. The minimum atomic E-state index is -2.63. The van der Waals surface area contributed by atoms with Crippen LogP contribution in [0.2, 0.25) is 0 Å². The first-order valence-electron chi connectivity index (χ1n) is 11.9. The highest BCUT2D eigenvalue weighted by atomic mass is 19.3. The van der Waals surface area contributed by atoms with Crippen LogP contribution in [0.15, 0.2) is 18.2 Å². The number of aryl methyl sites for hydroxylation is 1. The molecule has 0 aliphatic carbocycles. The lowest BCUT2D eigenvalue weighted by molar-refractivity contribution is -0.134. The van der Waals surface area contributed by atoms with Gasteiger partial charge in [-0.15, -0.1) is 0 Å². The van der Waals surface area contributed by atoms with Crippen molar-refractivity contribution in [1.29, 1.82) is 0 Å². The molecule has 3 fully saturated rings. The molecule has 2 atom stereocenters. The molecule has 3 saturated heterocycles. The Balaban J connectivity index is 1.27. The van der Waals surface area contributed by atoms with Crippen molar-refractivity contribution >= 4 is 22.7 Å². The first-order valence-corrected chi connectivity index (χ1v) is 11.9. The highest BCUT2D eigenvalue weighted by Crippen LogP contribution is 2.36. The summed E-state index contributed by atoms with van der Waals surface area (Å²) in [4.78, 5) is 26.1. The Kier molecular flexibility index (Phi) is 5.95. The standard InChI is InChI=1S/C24H31F2N5O2/c1-30-20-12-16(2-3-18(20)22(29-30)19-4-5-21(32)28-23(19)33)15-7-10-31(11-8-15)13-17-6-9-27-14-24(17,25)26/h2-3,12,15,17,19,27H,4-11,13-14H2,1H3,(H,28,32,33)/t17-,19?/m1/s1. The lowest BCUT2D eigenvalue weighted by Crippen LogP contribution is -2.51. The maximum absolute atomic E-state index is 14.2. The number of amides is 2. The van der Waals surface area contributed by atoms with Crippen LogP contribution in [-0.4, -0.2) is 65.1 Å². The van der Waals surface area contributed by atoms with E-state index in [9.17, 15) is 18.4 Å². The molecule has 0 radical (unpaired) electrons. The second-order valence-electron chi connectivity index (χ2n) is 9.79. The molecule has 1 aromatic heterocycles. The predicted molar refractivity (Wildman–Crippen MR) is 120 cm³/mol. The van der Waals surface area contributed by atoms with Gasteiger partial charge >= 0.3 is 0 Å². The van der Waals surface area contributed by atoms with E-state index in [1.165, 1.54) is 5.56 Å². The number of likely N-dealkylation sites (tertiary alicyclic amines) is 1. The zero-order valence-electron chi connectivity index (χ0n) is 18.9. The average Bonchev–Trinajstić information content (AvgIpc) is 3.11. The summed E-state index contributed by atoms with van der Waals surface area (Å²) in [5.74, 6) is -3.72. The molecule has 3 aliphatic heterocycles. The van der Waals surface area contributed by atoms with E-state index < -0.39 is 17.8 Å². The van der Waals surface area contributed by atoms with E-state index in [0.717, 1.165) is 42.5 Å². The van der Waals surface area contributed by atoms with Crippen molar-refractivity contribution in [2.75, 3.05) is 32.7 Å². The van der Waals surface area contributed by atoms with Crippen molar-refractivity contribution in [3.8, 4) is 0 Å². The number of carbonyl (C=O) groups excluding carboxylic acids is 2. The van der Waals surface area contributed by atoms with Crippen LogP contribution in [0.4, 0.5) is 8.78 Å². The fourth-order valence-corrected chi connectivity index (χ4v) is 5.64. The van der Waals surface area contributed by atoms with E-state index in [1.807, 2.05) is 17.8 Å². The maximum Gasteiger partial charge on any atom is 0.264 e. The van der Waals surface area contributed by atoms with Gasteiger partial charge in [-0.2, -0.15) is 5.10 Å². The summed E-state index contributed by atoms with van der Waals surface area (Å²) in [7, 11) is 1.88. The third kappa shape index (κ3) is 4.40. The molecule has 5 rings (SSSR count). The number of alkyl halides is 2. The van der Waals surface area contributed by atoms with E-state index >= 15 is 0 Å². The molecule has 9 heteroatoms. The second-order valence-corrected chi connectivity index (χ2v) is 9.79. The van der Waals surface area contributed by atoms with Gasteiger partial charge in [-0.05, 0) is 62.9 Å². The molecule has 1 unspecified atom stereocenters. The van der Waals surface area contributed by atoms with Crippen molar-refractivity contribution in [2.24, 2.45) is 13.0 Å². The molecule has 2 aromatic rings. The topological polar surface area (TPSA) is 79.3 Å². The Morgan fingerprint density at radius 1 is 1.15 bits per heavy atom. The van der Waals surface area contributed by atoms with Crippen LogP contribution in [0.1, 0.15) is 55.2 Å². The van der Waals surface area contributed by atoms with E-state index in [-0.39, 0.29) is 18.4 Å². The number of rotatable bonds is 4. The minimum Gasteiger partial charge on any atom is -0.311 e. The molecule has 7 nitrogen and oxygen atoms in total. The summed E-state index contributed by atoms with van der Waals surface area (Å²) >= 11 is 0. The maximum atomic E-state index is 14.2. The summed E-state index contributed by atoms with van der Waals surface area (Å²) in [6.07, 6.45) is 3.22.